The van der Waals surface area contributed by atoms with Crippen molar-refractivity contribution in [2.45, 2.75) is 18.2 Å². The van der Waals surface area contributed by atoms with Crippen LogP contribution >= 0.6 is 22.9 Å². The van der Waals surface area contributed by atoms with Crippen LogP contribution in [0.3, 0.4) is 0 Å². The lowest BCUT2D eigenvalue weighted by Crippen LogP contribution is -1.75. The third kappa shape index (κ3) is 0.795. The average molecular weight is 159 g/mol. The Labute approximate surface area is 63.5 Å². The molecular weight excluding hydrogens is 152 g/mol. The highest BCUT2D eigenvalue weighted by molar-refractivity contribution is 7.10. The van der Waals surface area contributed by atoms with Crippen LogP contribution in [0.5, 0.6) is 0 Å². The zero-order valence-electron chi connectivity index (χ0n) is 4.93. The van der Waals surface area contributed by atoms with E-state index in [-0.39, 0.29) is 0 Å². The Bertz CT molecular complexity index is 216. The van der Waals surface area contributed by atoms with E-state index in [0.29, 0.717) is 5.38 Å². The number of aryl methyl sites for hydroxylation is 1. The van der Waals surface area contributed by atoms with Gasteiger partial charge in [0.2, 0.25) is 0 Å². The van der Waals surface area contributed by atoms with Crippen LogP contribution < -0.4 is 0 Å². The zero-order valence-corrected chi connectivity index (χ0v) is 6.50. The van der Waals surface area contributed by atoms with Gasteiger partial charge in [-0.15, -0.1) is 22.9 Å². The number of rotatable bonds is 0. The van der Waals surface area contributed by atoms with Crippen molar-refractivity contribution in [3.63, 3.8) is 0 Å². The molecule has 9 heavy (non-hydrogen) atoms. The number of hydrogen-bond acceptors (Lipinski definition) is 1. The second-order valence-corrected chi connectivity index (χ2v) is 3.83. The van der Waals surface area contributed by atoms with Gasteiger partial charge in [0.15, 0.2) is 0 Å². The molecule has 1 aliphatic rings. The summed E-state index contributed by atoms with van der Waals surface area (Å²) in [4.78, 5) is 1.50. The Kier molecular flexibility index (Phi) is 1.27. The summed E-state index contributed by atoms with van der Waals surface area (Å²) in [7, 11) is 0. The van der Waals surface area contributed by atoms with Gasteiger partial charge in [0.05, 0.1) is 5.38 Å². The Balaban J connectivity index is 2.49. The molecule has 1 aliphatic carbocycles. The summed E-state index contributed by atoms with van der Waals surface area (Å²) in [6.45, 7) is 0. The lowest BCUT2D eigenvalue weighted by Gasteiger charge is -1.93. The first kappa shape index (κ1) is 5.75. The highest BCUT2D eigenvalue weighted by atomic mass is 35.5. The summed E-state index contributed by atoms with van der Waals surface area (Å²) in [6, 6.07) is 2.14. The maximum atomic E-state index is 5.99. The van der Waals surface area contributed by atoms with E-state index in [0.717, 1.165) is 6.42 Å². The zero-order chi connectivity index (χ0) is 6.27. The number of hydrogen-bond donors (Lipinski definition) is 0. The first-order chi connectivity index (χ1) is 4.38. The minimum absolute atomic E-state index is 0.311. The molecule has 1 atom stereocenters. The SMILES string of the molecule is ClC1CCc2sccc21. The van der Waals surface area contributed by atoms with Gasteiger partial charge in [-0.3, -0.25) is 0 Å². The monoisotopic (exact) mass is 158 g/mol. The van der Waals surface area contributed by atoms with Crippen molar-refractivity contribution in [3.05, 3.63) is 21.9 Å². The molecule has 0 aliphatic heterocycles. The molecule has 2 rings (SSSR count). The summed E-state index contributed by atoms with van der Waals surface area (Å²) >= 11 is 7.82. The molecule has 0 fully saturated rings. The molecule has 1 aromatic rings. The molecule has 0 spiro atoms. The van der Waals surface area contributed by atoms with Crippen molar-refractivity contribution in [2.75, 3.05) is 0 Å². The van der Waals surface area contributed by atoms with Crippen LogP contribution in [0.15, 0.2) is 11.4 Å². The van der Waals surface area contributed by atoms with E-state index < -0.39 is 0 Å². The molecule has 0 nitrogen and oxygen atoms in total. The van der Waals surface area contributed by atoms with E-state index in [1.54, 1.807) is 0 Å². The van der Waals surface area contributed by atoms with E-state index in [1.807, 2.05) is 11.3 Å². The Morgan fingerprint density at radius 1 is 1.67 bits per heavy atom. The van der Waals surface area contributed by atoms with E-state index in [9.17, 15) is 0 Å². The van der Waals surface area contributed by atoms with Gasteiger partial charge in [0, 0.05) is 4.88 Å². The molecule has 1 heterocycles. The fourth-order valence-electron chi connectivity index (χ4n) is 1.25. The topological polar surface area (TPSA) is 0 Å². The third-order valence-electron chi connectivity index (χ3n) is 1.74. The lowest BCUT2D eigenvalue weighted by molar-refractivity contribution is 0.884. The van der Waals surface area contributed by atoms with E-state index in [2.05, 4.69) is 11.4 Å². The fraction of sp³-hybridized carbons (Fsp3) is 0.429. The normalized spacial score (nSPS) is 24.3. The quantitative estimate of drug-likeness (QED) is 0.510. The first-order valence-corrected chi connectivity index (χ1v) is 4.40. The van der Waals surface area contributed by atoms with Crippen molar-refractivity contribution in [1.82, 2.24) is 0 Å². The molecule has 0 saturated carbocycles. The van der Waals surface area contributed by atoms with E-state index in [1.165, 1.54) is 16.9 Å². The Morgan fingerprint density at radius 3 is 3.33 bits per heavy atom. The molecule has 0 radical (unpaired) electrons. The average Bonchev–Trinajstić information content (AvgIpc) is 2.35. The second kappa shape index (κ2) is 1.99. The molecule has 1 aromatic heterocycles. The van der Waals surface area contributed by atoms with Crippen LogP contribution in [0.1, 0.15) is 22.2 Å². The Hall–Kier alpha value is -0.0100. The Morgan fingerprint density at radius 2 is 2.56 bits per heavy atom. The highest BCUT2D eigenvalue weighted by Crippen LogP contribution is 2.38. The largest absolute Gasteiger partial charge is 0.149 e. The summed E-state index contributed by atoms with van der Waals surface area (Å²) < 4.78 is 0. The van der Waals surface area contributed by atoms with Gasteiger partial charge in [-0.05, 0) is 29.9 Å². The number of thiophene rings is 1. The second-order valence-electron chi connectivity index (χ2n) is 2.31. The summed E-state index contributed by atoms with van der Waals surface area (Å²) in [5.74, 6) is 0. The molecule has 0 aromatic carbocycles. The number of halogens is 1. The maximum Gasteiger partial charge on any atom is 0.0599 e. The van der Waals surface area contributed by atoms with Crippen LogP contribution in [0.2, 0.25) is 0 Å². The van der Waals surface area contributed by atoms with Crippen LogP contribution in [0.4, 0.5) is 0 Å². The van der Waals surface area contributed by atoms with Crippen molar-refractivity contribution >= 4 is 22.9 Å². The van der Waals surface area contributed by atoms with Crippen molar-refractivity contribution in [1.29, 1.82) is 0 Å². The van der Waals surface area contributed by atoms with Crippen LogP contribution in [-0.2, 0) is 6.42 Å². The lowest BCUT2D eigenvalue weighted by atomic mass is 10.3. The molecule has 2 heteroatoms. The molecule has 0 amide bonds. The summed E-state index contributed by atoms with van der Waals surface area (Å²) in [5, 5.41) is 2.44. The summed E-state index contributed by atoms with van der Waals surface area (Å²) in [5.41, 5.74) is 1.38. The fourth-order valence-corrected chi connectivity index (χ4v) is 2.59. The first-order valence-electron chi connectivity index (χ1n) is 3.08. The number of fused-ring (bicyclic) bond motifs is 1. The van der Waals surface area contributed by atoms with Gasteiger partial charge in [-0.25, -0.2) is 0 Å². The minimum atomic E-state index is 0.311. The third-order valence-corrected chi connectivity index (χ3v) is 3.19. The van der Waals surface area contributed by atoms with Gasteiger partial charge in [-0.2, -0.15) is 0 Å². The predicted molar refractivity (Wildman–Crippen MR) is 41.2 cm³/mol. The molecular formula is C7H7ClS. The van der Waals surface area contributed by atoms with Gasteiger partial charge in [-0.1, -0.05) is 0 Å². The predicted octanol–water partition coefficient (Wildman–Crippen LogP) is 2.97. The van der Waals surface area contributed by atoms with Crippen LogP contribution in [0, 0.1) is 0 Å². The van der Waals surface area contributed by atoms with Gasteiger partial charge < -0.3 is 0 Å². The van der Waals surface area contributed by atoms with E-state index >= 15 is 0 Å². The van der Waals surface area contributed by atoms with E-state index in [4.69, 9.17) is 11.6 Å². The summed E-state index contributed by atoms with van der Waals surface area (Å²) in [6.07, 6.45) is 2.34. The molecule has 0 N–H and O–H groups in total. The number of alkyl halides is 1. The van der Waals surface area contributed by atoms with Crippen LogP contribution in [-0.4, -0.2) is 0 Å². The molecule has 48 valence electrons. The van der Waals surface area contributed by atoms with Gasteiger partial charge >= 0.3 is 0 Å². The standard InChI is InChI=1S/C7H7ClS/c8-6-1-2-7-5(6)3-4-9-7/h3-4,6H,1-2H2. The van der Waals surface area contributed by atoms with Crippen LogP contribution in [0.25, 0.3) is 0 Å². The van der Waals surface area contributed by atoms with Gasteiger partial charge in [0.1, 0.15) is 0 Å². The van der Waals surface area contributed by atoms with Crippen molar-refractivity contribution < 1.29 is 0 Å². The molecule has 0 bridgehead atoms. The molecule has 1 unspecified atom stereocenters. The van der Waals surface area contributed by atoms with Gasteiger partial charge in [0.25, 0.3) is 0 Å². The van der Waals surface area contributed by atoms with Crippen molar-refractivity contribution in [2.24, 2.45) is 0 Å². The van der Waals surface area contributed by atoms with Crippen molar-refractivity contribution in [3.8, 4) is 0 Å². The molecule has 0 saturated heterocycles. The minimum Gasteiger partial charge on any atom is -0.149 e. The maximum absolute atomic E-state index is 5.99. The highest BCUT2D eigenvalue weighted by Gasteiger charge is 2.20. The smallest absolute Gasteiger partial charge is 0.0599 e.